The Morgan fingerprint density at radius 2 is 2.04 bits per heavy atom. The monoisotopic (exact) mass is 392 g/mol. The summed E-state index contributed by atoms with van der Waals surface area (Å²) in [4.78, 5) is 14.8. The highest BCUT2D eigenvalue weighted by Gasteiger charge is 2.33. The molecule has 0 bridgehead atoms. The van der Waals surface area contributed by atoms with Crippen molar-refractivity contribution in [2.24, 2.45) is 0 Å². The molecule has 1 saturated heterocycles. The zero-order valence-electron chi connectivity index (χ0n) is 14.6. The van der Waals surface area contributed by atoms with E-state index in [0.717, 1.165) is 18.7 Å². The van der Waals surface area contributed by atoms with E-state index < -0.39 is 0 Å². The third kappa shape index (κ3) is 3.25. The number of nitrogens with one attached hydrogen (secondary N) is 1. The number of hydrogen-bond donors (Lipinski definition) is 1. The second-order valence-electron chi connectivity index (χ2n) is 6.90. The SMILES string of the molecule is COc1cc(Cl)ccc1C(=O)N1CCC(c2n[nH]c(=S)n2C2CC2)CC1. The van der Waals surface area contributed by atoms with Gasteiger partial charge in [-0.15, -0.1) is 0 Å². The molecule has 26 heavy (non-hydrogen) atoms. The van der Waals surface area contributed by atoms with E-state index in [9.17, 15) is 4.79 Å². The van der Waals surface area contributed by atoms with Gasteiger partial charge in [-0.1, -0.05) is 11.6 Å². The maximum absolute atomic E-state index is 12.9. The van der Waals surface area contributed by atoms with Gasteiger partial charge >= 0.3 is 0 Å². The average molecular weight is 393 g/mol. The van der Waals surface area contributed by atoms with Crippen molar-refractivity contribution in [3.63, 3.8) is 0 Å². The van der Waals surface area contributed by atoms with Crippen molar-refractivity contribution in [3.05, 3.63) is 39.4 Å². The van der Waals surface area contributed by atoms with Crippen molar-refractivity contribution >= 4 is 29.7 Å². The molecule has 0 radical (unpaired) electrons. The first-order valence-electron chi connectivity index (χ1n) is 8.88. The van der Waals surface area contributed by atoms with Crippen molar-refractivity contribution in [2.45, 2.75) is 37.6 Å². The predicted octanol–water partition coefficient (Wildman–Crippen LogP) is 3.96. The van der Waals surface area contributed by atoms with E-state index in [2.05, 4.69) is 14.8 Å². The van der Waals surface area contributed by atoms with Crippen molar-refractivity contribution in [1.29, 1.82) is 0 Å². The second kappa shape index (κ2) is 7.04. The fourth-order valence-corrected chi connectivity index (χ4v) is 4.09. The summed E-state index contributed by atoms with van der Waals surface area (Å²) in [6.07, 6.45) is 4.12. The van der Waals surface area contributed by atoms with Gasteiger partial charge in [0.25, 0.3) is 5.91 Å². The second-order valence-corrected chi connectivity index (χ2v) is 7.72. The molecular formula is C18H21ClN4O2S. The largest absolute Gasteiger partial charge is 0.496 e. The molecule has 2 heterocycles. The van der Waals surface area contributed by atoms with Crippen LogP contribution in [0.3, 0.4) is 0 Å². The van der Waals surface area contributed by atoms with Crippen molar-refractivity contribution < 1.29 is 9.53 Å². The molecule has 8 heteroatoms. The summed E-state index contributed by atoms with van der Waals surface area (Å²) < 4.78 is 8.21. The minimum atomic E-state index is -0.0157. The summed E-state index contributed by atoms with van der Waals surface area (Å²) >= 11 is 11.4. The van der Waals surface area contributed by atoms with Crippen LogP contribution in [0.4, 0.5) is 0 Å². The Bertz CT molecular complexity index is 882. The van der Waals surface area contributed by atoms with Crippen LogP contribution in [0.25, 0.3) is 0 Å². The molecule has 138 valence electrons. The fourth-order valence-electron chi connectivity index (χ4n) is 3.64. The van der Waals surface area contributed by atoms with Crippen LogP contribution in [-0.2, 0) is 0 Å². The molecule has 1 aromatic carbocycles. The molecule has 1 amide bonds. The number of carbonyl (C=O) groups excluding carboxylic acids is 1. The van der Waals surface area contributed by atoms with Gasteiger partial charge in [0.1, 0.15) is 11.6 Å². The van der Waals surface area contributed by atoms with E-state index in [1.807, 2.05) is 4.90 Å². The first kappa shape index (κ1) is 17.5. The summed E-state index contributed by atoms with van der Waals surface area (Å²) in [6.45, 7) is 1.39. The molecular weight excluding hydrogens is 372 g/mol. The van der Waals surface area contributed by atoms with Gasteiger partial charge in [-0.05, 0) is 56.1 Å². The van der Waals surface area contributed by atoms with Gasteiger partial charge in [-0.3, -0.25) is 9.89 Å². The van der Waals surface area contributed by atoms with Gasteiger partial charge in [0.2, 0.25) is 0 Å². The summed E-state index contributed by atoms with van der Waals surface area (Å²) in [7, 11) is 1.55. The summed E-state index contributed by atoms with van der Waals surface area (Å²) in [5.74, 6) is 1.88. The van der Waals surface area contributed by atoms with E-state index in [1.165, 1.54) is 12.8 Å². The van der Waals surface area contributed by atoms with Crippen LogP contribution in [0.2, 0.25) is 5.02 Å². The molecule has 1 aliphatic heterocycles. The molecule has 1 saturated carbocycles. The number of methoxy groups -OCH3 is 1. The van der Waals surface area contributed by atoms with Crippen molar-refractivity contribution in [1.82, 2.24) is 19.7 Å². The number of H-pyrrole nitrogens is 1. The van der Waals surface area contributed by atoms with E-state index in [1.54, 1.807) is 25.3 Å². The number of piperidine rings is 1. The number of benzene rings is 1. The van der Waals surface area contributed by atoms with E-state index in [0.29, 0.717) is 46.2 Å². The first-order chi connectivity index (χ1) is 12.6. The number of likely N-dealkylation sites (tertiary alicyclic amines) is 1. The number of hydrogen-bond acceptors (Lipinski definition) is 4. The zero-order chi connectivity index (χ0) is 18.3. The predicted molar refractivity (Wildman–Crippen MR) is 102 cm³/mol. The van der Waals surface area contributed by atoms with Crippen LogP contribution in [0.5, 0.6) is 5.75 Å². The number of aromatic amines is 1. The number of aromatic nitrogens is 3. The normalized spacial score (nSPS) is 18.2. The third-order valence-electron chi connectivity index (χ3n) is 5.19. The lowest BCUT2D eigenvalue weighted by molar-refractivity contribution is 0.0707. The van der Waals surface area contributed by atoms with Crippen LogP contribution < -0.4 is 4.74 Å². The zero-order valence-corrected chi connectivity index (χ0v) is 16.1. The Kier molecular flexibility index (Phi) is 4.75. The molecule has 1 aromatic heterocycles. The lowest BCUT2D eigenvalue weighted by atomic mass is 9.95. The van der Waals surface area contributed by atoms with Crippen LogP contribution in [0.1, 0.15) is 53.8 Å². The van der Waals surface area contributed by atoms with Crippen LogP contribution in [-0.4, -0.2) is 45.8 Å². The van der Waals surface area contributed by atoms with Gasteiger partial charge in [-0.2, -0.15) is 5.10 Å². The van der Waals surface area contributed by atoms with Crippen LogP contribution in [0.15, 0.2) is 18.2 Å². The molecule has 0 spiro atoms. The third-order valence-corrected chi connectivity index (χ3v) is 5.71. The van der Waals surface area contributed by atoms with Crippen molar-refractivity contribution in [3.8, 4) is 5.75 Å². The Hall–Kier alpha value is -1.86. The van der Waals surface area contributed by atoms with E-state index in [-0.39, 0.29) is 5.91 Å². The number of ether oxygens (including phenoxy) is 1. The van der Waals surface area contributed by atoms with Gasteiger partial charge in [-0.25, -0.2) is 0 Å². The van der Waals surface area contributed by atoms with Crippen molar-refractivity contribution in [2.75, 3.05) is 20.2 Å². The minimum absolute atomic E-state index is 0.0157. The van der Waals surface area contributed by atoms with E-state index in [4.69, 9.17) is 28.6 Å². The topological polar surface area (TPSA) is 63.1 Å². The number of carbonyl (C=O) groups is 1. The molecule has 2 fully saturated rings. The molecule has 4 rings (SSSR count). The van der Waals surface area contributed by atoms with Gasteiger partial charge in [0.05, 0.1) is 12.7 Å². The number of rotatable bonds is 4. The number of nitrogens with zero attached hydrogens (tertiary/aromatic N) is 3. The Morgan fingerprint density at radius 3 is 2.69 bits per heavy atom. The number of amides is 1. The molecule has 1 N–H and O–H groups in total. The highest BCUT2D eigenvalue weighted by Crippen LogP contribution is 2.39. The Balaban J connectivity index is 1.47. The van der Waals surface area contributed by atoms with Gasteiger partial charge in [0.15, 0.2) is 4.77 Å². The highest BCUT2D eigenvalue weighted by atomic mass is 35.5. The van der Waals surface area contributed by atoms with E-state index >= 15 is 0 Å². The lowest BCUT2D eigenvalue weighted by Crippen LogP contribution is -2.38. The molecule has 0 atom stereocenters. The molecule has 2 aromatic rings. The van der Waals surface area contributed by atoms with Gasteiger partial charge in [0, 0.05) is 30.1 Å². The Labute approximate surface area is 162 Å². The minimum Gasteiger partial charge on any atom is -0.496 e. The lowest BCUT2D eigenvalue weighted by Gasteiger charge is -2.32. The molecule has 1 aliphatic carbocycles. The number of halogens is 1. The molecule has 6 nitrogen and oxygen atoms in total. The molecule has 0 unspecified atom stereocenters. The fraction of sp³-hybridized carbons (Fsp3) is 0.500. The standard InChI is InChI=1S/C18H21ClN4O2S/c1-25-15-10-12(19)2-5-14(15)17(24)22-8-6-11(7-9-22)16-20-21-18(26)23(16)13-3-4-13/h2,5,10-11,13H,3-4,6-9H2,1H3,(H,21,26). The highest BCUT2D eigenvalue weighted by molar-refractivity contribution is 7.71. The summed E-state index contributed by atoms with van der Waals surface area (Å²) in [6, 6.07) is 5.63. The quantitative estimate of drug-likeness (QED) is 0.800. The van der Waals surface area contributed by atoms with Gasteiger partial charge < -0.3 is 14.2 Å². The first-order valence-corrected chi connectivity index (χ1v) is 9.66. The Morgan fingerprint density at radius 1 is 1.31 bits per heavy atom. The maximum Gasteiger partial charge on any atom is 0.257 e. The van der Waals surface area contributed by atoms with Crippen LogP contribution >= 0.6 is 23.8 Å². The molecule has 2 aliphatic rings. The van der Waals surface area contributed by atoms with Crippen LogP contribution in [0, 0.1) is 4.77 Å². The smallest absolute Gasteiger partial charge is 0.257 e. The maximum atomic E-state index is 12.9. The average Bonchev–Trinajstić information content (AvgIpc) is 3.42. The summed E-state index contributed by atoms with van der Waals surface area (Å²) in [5.41, 5.74) is 0.552. The summed E-state index contributed by atoms with van der Waals surface area (Å²) in [5, 5.41) is 7.97.